The zero-order chi connectivity index (χ0) is 31.7. The highest BCUT2D eigenvalue weighted by atomic mass is 32.2. The maximum atomic E-state index is 14.4. The molecule has 0 aliphatic rings. The van der Waals surface area contributed by atoms with Crippen molar-refractivity contribution >= 4 is 27.7 Å². The SMILES string of the molecule is CCC(C)NC(=O)C(Cc1ccccc1)N(Cc1cccc(OC)c1)C(=O)CN(c1cc(C)ccc1C)S(=O)(=O)N(C)C. The summed E-state index contributed by atoms with van der Waals surface area (Å²) in [4.78, 5) is 29.8. The third-order valence-electron chi connectivity index (χ3n) is 7.41. The molecule has 232 valence electrons. The average molecular weight is 609 g/mol. The van der Waals surface area contributed by atoms with Gasteiger partial charge in [0.05, 0.1) is 12.8 Å². The van der Waals surface area contributed by atoms with Gasteiger partial charge in [0.1, 0.15) is 18.3 Å². The van der Waals surface area contributed by atoms with E-state index in [1.165, 1.54) is 19.0 Å². The Labute approximate surface area is 256 Å². The standard InChI is InChI=1S/C33H44N4O5S/c1-8-26(4)34-33(39)31(21-27-13-10-9-11-14-27)36(22-28-15-12-16-29(20-28)42-7)32(38)23-37(43(40,41)35(5)6)30-19-24(2)17-18-25(30)3/h9-20,26,31H,8,21-23H2,1-7H3,(H,34,39). The van der Waals surface area contributed by atoms with E-state index < -0.39 is 28.7 Å². The van der Waals surface area contributed by atoms with Crippen LogP contribution in [0, 0.1) is 13.8 Å². The number of rotatable bonds is 14. The van der Waals surface area contributed by atoms with E-state index in [2.05, 4.69) is 5.32 Å². The lowest BCUT2D eigenvalue weighted by atomic mass is 10.0. The van der Waals surface area contributed by atoms with Gasteiger partial charge in [-0.05, 0) is 67.6 Å². The van der Waals surface area contributed by atoms with Gasteiger partial charge in [0.25, 0.3) is 0 Å². The van der Waals surface area contributed by atoms with E-state index in [4.69, 9.17) is 4.74 Å². The Hall–Kier alpha value is -3.89. The third kappa shape index (κ3) is 8.81. The molecule has 0 aliphatic carbocycles. The van der Waals surface area contributed by atoms with Crippen molar-refractivity contribution in [3.63, 3.8) is 0 Å². The molecule has 0 aliphatic heterocycles. The Balaban J connectivity index is 2.15. The molecule has 0 fully saturated rings. The minimum Gasteiger partial charge on any atom is -0.497 e. The molecule has 3 rings (SSSR count). The molecule has 0 bridgehead atoms. The number of aryl methyl sites for hydroxylation is 2. The van der Waals surface area contributed by atoms with Crippen molar-refractivity contribution in [3.8, 4) is 5.75 Å². The summed E-state index contributed by atoms with van der Waals surface area (Å²) in [5.74, 6) is -0.196. The monoisotopic (exact) mass is 608 g/mol. The number of nitrogens with zero attached hydrogens (tertiary/aromatic N) is 3. The first kappa shape index (κ1) is 33.6. The van der Waals surface area contributed by atoms with Gasteiger partial charge >= 0.3 is 10.2 Å². The van der Waals surface area contributed by atoms with Crippen molar-refractivity contribution in [2.24, 2.45) is 0 Å². The number of carbonyl (C=O) groups is 2. The molecular weight excluding hydrogens is 564 g/mol. The van der Waals surface area contributed by atoms with Crippen molar-refractivity contribution in [2.75, 3.05) is 32.1 Å². The van der Waals surface area contributed by atoms with Crippen LogP contribution in [0.2, 0.25) is 0 Å². The minimum atomic E-state index is -4.07. The largest absolute Gasteiger partial charge is 0.497 e. The van der Waals surface area contributed by atoms with Gasteiger partial charge in [-0.2, -0.15) is 12.7 Å². The zero-order valence-electron chi connectivity index (χ0n) is 26.2. The molecule has 0 saturated heterocycles. The molecular formula is C33H44N4O5S. The topological polar surface area (TPSA) is 99.3 Å². The summed E-state index contributed by atoms with van der Waals surface area (Å²) in [5.41, 5.74) is 3.60. The molecule has 0 radical (unpaired) electrons. The average Bonchev–Trinajstić information content (AvgIpc) is 2.99. The van der Waals surface area contributed by atoms with Crippen LogP contribution in [-0.2, 0) is 32.8 Å². The van der Waals surface area contributed by atoms with Crippen LogP contribution in [0.5, 0.6) is 5.75 Å². The van der Waals surface area contributed by atoms with Gasteiger partial charge in [-0.15, -0.1) is 0 Å². The van der Waals surface area contributed by atoms with Gasteiger partial charge in [0.2, 0.25) is 11.8 Å². The van der Waals surface area contributed by atoms with Crippen molar-refractivity contribution in [2.45, 2.75) is 59.2 Å². The number of hydrogen-bond acceptors (Lipinski definition) is 5. The maximum absolute atomic E-state index is 14.4. The molecule has 3 aromatic carbocycles. The summed E-state index contributed by atoms with van der Waals surface area (Å²) >= 11 is 0. The third-order valence-corrected chi connectivity index (χ3v) is 9.22. The summed E-state index contributed by atoms with van der Waals surface area (Å²) in [6.45, 7) is 7.15. The minimum absolute atomic E-state index is 0.0735. The van der Waals surface area contributed by atoms with Crippen LogP contribution in [0.25, 0.3) is 0 Å². The highest BCUT2D eigenvalue weighted by molar-refractivity contribution is 7.90. The van der Waals surface area contributed by atoms with Crippen LogP contribution in [0.4, 0.5) is 5.69 Å². The molecule has 1 N–H and O–H groups in total. The van der Waals surface area contributed by atoms with E-state index in [1.54, 1.807) is 19.2 Å². The summed E-state index contributed by atoms with van der Waals surface area (Å²) in [7, 11) is 0.359. The predicted octanol–water partition coefficient (Wildman–Crippen LogP) is 4.48. The fourth-order valence-corrected chi connectivity index (χ4v) is 5.77. The molecule has 10 heteroatoms. The van der Waals surface area contributed by atoms with Crippen molar-refractivity contribution in [1.29, 1.82) is 0 Å². The number of benzene rings is 3. The van der Waals surface area contributed by atoms with E-state index in [0.717, 1.165) is 31.7 Å². The molecule has 0 saturated carbocycles. The summed E-state index contributed by atoms with van der Waals surface area (Å²) in [5, 5.41) is 3.05. The Morgan fingerprint density at radius 1 is 0.930 bits per heavy atom. The van der Waals surface area contributed by atoms with Crippen LogP contribution in [0.3, 0.4) is 0 Å². The van der Waals surface area contributed by atoms with Crippen molar-refractivity contribution in [3.05, 3.63) is 95.1 Å². The summed E-state index contributed by atoms with van der Waals surface area (Å²) < 4.78 is 34.9. The molecule has 43 heavy (non-hydrogen) atoms. The van der Waals surface area contributed by atoms with Crippen molar-refractivity contribution < 1.29 is 22.7 Å². The molecule has 0 aromatic heterocycles. The summed E-state index contributed by atoms with van der Waals surface area (Å²) in [6.07, 6.45) is 0.970. The van der Waals surface area contributed by atoms with Gasteiger partial charge in [0.15, 0.2) is 0 Å². The number of amides is 2. The second-order valence-electron chi connectivity index (χ2n) is 11.0. The van der Waals surface area contributed by atoms with E-state index in [0.29, 0.717) is 17.0 Å². The number of methoxy groups -OCH3 is 1. The Morgan fingerprint density at radius 3 is 2.23 bits per heavy atom. The number of hydrogen-bond donors (Lipinski definition) is 1. The molecule has 0 spiro atoms. The normalized spacial score (nSPS) is 12.8. The van der Waals surface area contributed by atoms with Crippen LogP contribution >= 0.6 is 0 Å². The predicted molar refractivity (Wildman–Crippen MR) is 171 cm³/mol. The number of ether oxygens (including phenoxy) is 1. The Bertz CT molecular complexity index is 1490. The van der Waals surface area contributed by atoms with Crippen LogP contribution in [0.1, 0.15) is 42.5 Å². The van der Waals surface area contributed by atoms with E-state index in [9.17, 15) is 18.0 Å². The highest BCUT2D eigenvalue weighted by Gasteiger charge is 2.35. The second kappa shape index (κ2) is 15.0. The van der Waals surface area contributed by atoms with Gasteiger partial charge in [-0.25, -0.2) is 4.31 Å². The lowest BCUT2D eigenvalue weighted by molar-refractivity contribution is -0.140. The zero-order valence-corrected chi connectivity index (χ0v) is 27.0. The Morgan fingerprint density at radius 2 is 1.60 bits per heavy atom. The lowest BCUT2D eigenvalue weighted by Gasteiger charge is -2.35. The molecule has 0 heterocycles. The summed E-state index contributed by atoms with van der Waals surface area (Å²) in [6, 6.07) is 21.3. The highest BCUT2D eigenvalue weighted by Crippen LogP contribution is 2.26. The fourth-order valence-electron chi connectivity index (χ4n) is 4.65. The van der Waals surface area contributed by atoms with E-state index in [1.807, 2.05) is 88.4 Å². The lowest BCUT2D eigenvalue weighted by Crippen LogP contribution is -2.55. The number of carbonyl (C=O) groups excluding carboxylic acids is 2. The first-order chi connectivity index (χ1) is 20.4. The van der Waals surface area contributed by atoms with Gasteiger partial charge in [-0.1, -0.05) is 61.5 Å². The molecule has 9 nitrogen and oxygen atoms in total. The quantitative estimate of drug-likeness (QED) is 0.291. The fraction of sp³-hybridized carbons (Fsp3) is 0.394. The van der Waals surface area contributed by atoms with Gasteiger partial charge in [-0.3, -0.25) is 9.59 Å². The van der Waals surface area contributed by atoms with Crippen molar-refractivity contribution in [1.82, 2.24) is 14.5 Å². The molecule has 3 aromatic rings. The molecule has 2 atom stereocenters. The smallest absolute Gasteiger partial charge is 0.304 e. The van der Waals surface area contributed by atoms with Crippen LogP contribution in [0.15, 0.2) is 72.8 Å². The molecule has 2 unspecified atom stereocenters. The van der Waals surface area contributed by atoms with E-state index >= 15 is 0 Å². The Kier molecular flexibility index (Phi) is 11.7. The number of nitrogens with one attached hydrogen (secondary N) is 1. The van der Waals surface area contributed by atoms with Gasteiger partial charge < -0.3 is 15.0 Å². The van der Waals surface area contributed by atoms with Gasteiger partial charge in [0, 0.05) is 33.1 Å². The first-order valence-corrected chi connectivity index (χ1v) is 15.8. The van der Waals surface area contributed by atoms with E-state index in [-0.39, 0.29) is 24.9 Å². The second-order valence-corrected chi connectivity index (χ2v) is 13.1. The molecule has 2 amide bonds. The van der Waals surface area contributed by atoms with Crippen LogP contribution < -0.4 is 14.4 Å². The maximum Gasteiger partial charge on any atom is 0.304 e. The van der Waals surface area contributed by atoms with Crippen LogP contribution in [-0.4, -0.2) is 69.3 Å². The number of anilines is 1. The first-order valence-electron chi connectivity index (χ1n) is 14.4.